The van der Waals surface area contributed by atoms with Gasteiger partial charge in [0.05, 0.1) is 24.6 Å². The highest BCUT2D eigenvalue weighted by molar-refractivity contribution is 5.97. The van der Waals surface area contributed by atoms with Gasteiger partial charge >= 0.3 is 5.97 Å². The lowest BCUT2D eigenvalue weighted by molar-refractivity contribution is -0.118. The standard InChI is InChI=1S/C15H17FN4O3/c1-17-13(10-7-18-20(2)8-10)14(21)19-12-6-9(15(22)23-3)4-5-11(12)16/h4-8,13,17H,1-3H3,(H,19,21). The van der Waals surface area contributed by atoms with Crippen LogP contribution in [0, 0.1) is 5.82 Å². The number of anilines is 1. The number of aromatic nitrogens is 2. The number of aryl methyl sites for hydroxylation is 1. The van der Waals surface area contributed by atoms with Crippen LogP contribution in [0.4, 0.5) is 10.1 Å². The van der Waals surface area contributed by atoms with Crippen LogP contribution in [0.3, 0.4) is 0 Å². The molecule has 2 aromatic rings. The second kappa shape index (κ2) is 7.01. The van der Waals surface area contributed by atoms with Gasteiger partial charge in [-0.05, 0) is 25.2 Å². The van der Waals surface area contributed by atoms with Gasteiger partial charge in [-0.1, -0.05) is 0 Å². The molecule has 1 heterocycles. The van der Waals surface area contributed by atoms with E-state index in [1.807, 2.05) is 0 Å². The summed E-state index contributed by atoms with van der Waals surface area (Å²) in [5.41, 5.74) is 0.686. The monoisotopic (exact) mass is 320 g/mol. The Morgan fingerprint density at radius 3 is 2.70 bits per heavy atom. The molecule has 0 saturated carbocycles. The second-order valence-electron chi connectivity index (χ2n) is 4.84. The number of amides is 1. The Balaban J connectivity index is 2.23. The minimum Gasteiger partial charge on any atom is -0.465 e. The Morgan fingerprint density at radius 1 is 1.39 bits per heavy atom. The topological polar surface area (TPSA) is 85.2 Å². The van der Waals surface area contributed by atoms with Crippen LogP contribution in [0.1, 0.15) is 22.0 Å². The van der Waals surface area contributed by atoms with Crippen molar-refractivity contribution in [1.82, 2.24) is 15.1 Å². The van der Waals surface area contributed by atoms with E-state index in [1.165, 1.54) is 19.2 Å². The maximum absolute atomic E-state index is 13.9. The zero-order valence-corrected chi connectivity index (χ0v) is 13.0. The summed E-state index contributed by atoms with van der Waals surface area (Å²) in [5.74, 6) is -1.73. The third-order valence-corrected chi connectivity index (χ3v) is 3.25. The predicted octanol–water partition coefficient (Wildman–Crippen LogP) is 1.24. The molecule has 8 heteroatoms. The SMILES string of the molecule is CNC(C(=O)Nc1cc(C(=O)OC)ccc1F)c1cnn(C)c1. The summed E-state index contributed by atoms with van der Waals surface area (Å²) in [6.07, 6.45) is 3.23. The lowest BCUT2D eigenvalue weighted by atomic mass is 10.1. The van der Waals surface area contributed by atoms with Crippen LogP contribution in [0.5, 0.6) is 0 Å². The molecule has 2 N–H and O–H groups in total. The molecule has 23 heavy (non-hydrogen) atoms. The molecule has 7 nitrogen and oxygen atoms in total. The van der Waals surface area contributed by atoms with Crippen LogP contribution >= 0.6 is 0 Å². The maximum atomic E-state index is 13.9. The van der Waals surface area contributed by atoms with Crippen LogP contribution in [0.25, 0.3) is 0 Å². The number of halogens is 1. The lowest BCUT2D eigenvalue weighted by Crippen LogP contribution is -2.30. The molecule has 1 unspecified atom stereocenters. The molecule has 0 radical (unpaired) electrons. The zero-order chi connectivity index (χ0) is 17.0. The smallest absolute Gasteiger partial charge is 0.337 e. The molecule has 2 rings (SSSR count). The number of benzene rings is 1. The Morgan fingerprint density at radius 2 is 2.13 bits per heavy atom. The molecule has 0 aliphatic rings. The van der Waals surface area contributed by atoms with Gasteiger partial charge in [0.2, 0.25) is 5.91 Å². The maximum Gasteiger partial charge on any atom is 0.337 e. The van der Waals surface area contributed by atoms with Crippen molar-refractivity contribution in [3.63, 3.8) is 0 Å². The van der Waals surface area contributed by atoms with Crippen LogP contribution in [0.2, 0.25) is 0 Å². The summed E-state index contributed by atoms with van der Waals surface area (Å²) in [5, 5.41) is 9.31. The number of nitrogens with one attached hydrogen (secondary N) is 2. The molecule has 1 amide bonds. The number of nitrogens with zero attached hydrogens (tertiary/aromatic N) is 2. The van der Waals surface area contributed by atoms with E-state index >= 15 is 0 Å². The fourth-order valence-electron chi connectivity index (χ4n) is 2.11. The van der Waals surface area contributed by atoms with Crippen molar-refractivity contribution in [2.45, 2.75) is 6.04 Å². The van der Waals surface area contributed by atoms with Gasteiger partial charge in [0.25, 0.3) is 0 Å². The predicted molar refractivity (Wildman–Crippen MR) is 81.4 cm³/mol. The Kier molecular flexibility index (Phi) is 5.07. The molecule has 0 bridgehead atoms. The lowest BCUT2D eigenvalue weighted by Gasteiger charge is -2.15. The van der Waals surface area contributed by atoms with E-state index in [0.29, 0.717) is 5.56 Å². The van der Waals surface area contributed by atoms with Gasteiger partial charge in [-0.15, -0.1) is 0 Å². The highest BCUT2D eigenvalue weighted by Crippen LogP contribution is 2.20. The van der Waals surface area contributed by atoms with Gasteiger partial charge in [-0.2, -0.15) is 5.10 Å². The molecule has 122 valence electrons. The normalized spacial score (nSPS) is 11.8. The van der Waals surface area contributed by atoms with Crippen LogP contribution < -0.4 is 10.6 Å². The summed E-state index contributed by atoms with van der Waals surface area (Å²) in [6, 6.07) is 2.91. The minimum atomic E-state index is -0.704. The van der Waals surface area contributed by atoms with E-state index in [-0.39, 0.29) is 11.3 Å². The van der Waals surface area contributed by atoms with Crippen LogP contribution in [-0.4, -0.2) is 35.8 Å². The molecular formula is C15H17FN4O3. The van der Waals surface area contributed by atoms with Crippen LogP contribution in [0.15, 0.2) is 30.6 Å². The zero-order valence-electron chi connectivity index (χ0n) is 13.0. The van der Waals surface area contributed by atoms with Gasteiger partial charge in [0.15, 0.2) is 0 Å². The van der Waals surface area contributed by atoms with Gasteiger partial charge in [0, 0.05) is 18.8 Å². The third kappa shape index (κ3) is 3.72. The van der Waals surface area contributed by atoms with Crippen molar-refractivity contribution in [2.75, 3.05) is 19.5 Å². The highest BCUT2D eigenvalue weighted by Gasteiger charge is 2.21. The molecule has 1 atom stereocenters. The summed E-state index contributed by atoms with van der Waals surface area (Å²) >= 11 is 0. The number of rotatable bonds is 5. The molecule has 0 spiro atoms. The number of likely N-dealkylation sites (N-methyl/N-ethyl adjacent to an activating group) is 1. The van der Waals surface area contributed by atoms with Crippen molar-refractivity contribution < 1.29 is 18.7 Å². The Hall–Kier alpha value is -2.74. The largest absolute Gasteiger partial charge is 0.465 e. The van der Waals surface area contributed by atoms with Crippen molar-refractivity contribution >= 4 is 17.6 Å². The number of esters is 1. The number of hydrogen-bond acceptors (Lipinski definition) is 5. The summed E-state index contributed by atoms with van der Waals surface area (Å²) in [6.45, 7) is 0. The number of hydrogen-bond donors (Lipinski definition) is 2. The van der Waals surface area contributed by atoms with Crippen molar-refractivity contribution in [3.05, 3.63) is 47.5 Å². The minimum absolute atomic E-state index is 0.0953. The van der Waals surface area contributed by atoms with Crippen molar-refractivity contribution in [2.24, 2.45) is 7.05 Å². The summed E-state index contributed by atoms with van der Waals surface area (Å²) < 4.78 is 20.0. The third-order valence-electron chi connectivity index (χ3n) is 3.25. The van der Waals surface area contributed by atoms with Crippen molar-refractivity contribution in [3.8, 4) is 0 Å². The fourth-order valence-corrected chi connectivity index (χ4v) is 2.11. The van der Waals surface area contributed by atoms with E-state index in [9.17, 15) is 14.0 Å². The van der Waals surface area contributed by atoms with E-state index in [0.717, 1.165) is 6.07 Å². The first-order chi connectivity index (χ1) is 11.0. The van der Waals surface area contributed by atoms with E-state index in [4.69, 9.17) is 0 Å². The molecule has 0 aliphatic heterocycles. The quantitative estimate of drug-likeness (QED) is 0.810. The van der Waals surface area contributed by atoms with Crippen molar-refractivity contribution in [1.29, 1.82) is 0 Å². The number of carbonyl (C=O) groups excluding carboxylic acids is 2. The molecule has 0 aliphatic carbocycles. The fraction of sp³-hybridized carbons (Fsp3) is 0.267. The summed E-state index contributed by atoms with van der Waals surface area (Å²) in [7, 11) is 4.56. The molecule has 1 aromatic carbocycles. The Bertz CT molecular complexity index is 729. The first-order valence-electron chi connectivity index (χ1n) is 6.80. The first-order valence-corrected chi connectivity index (χ1v) is 6.80. The number of ether oxygens (including phenoxy) is 1. The van der Waals surface area contributed by atoms with Gasteiger partial charge in [-0.3, -0.25) is 9.48 Å². The van der Waals surface area contributed by atoms with Gasteiger partial charge < -0.3 is 15.4 Å². The highest BCUT2D eigenvalue weighted by atomic mass is 19.1. The number of methoxy groups -OCH3 is 1. The van der Waals surface area contributed by atoms with E-state index in [1.54, 1.807) is 31.2 Å². The van der Waals surface area contributed by atoms with Gasteiger partial charge in [0.1, 0.15) is 11.9 Å². The Labute approximate surface area is 132 Å². The van der Waals surface area contributed by atoms with Crippen LogP contribution in [-0.2, 0) is 16.6 Å². The molecular weight excluding hydrogens is 303 g/mol. The number of carbonyl (C=O) groups is 2. The molecule has 0 saturated heterocycles. The first kappa shape index (κ1) is 16.6. The van der Waals surface area contributed by atoms with E-state index < -0.39 is 23.7 Å². The second-order valence-corrected chi connectivity index (χ2v) is 4.84. The van der Waals surface area contributed by atoms with Gasteiger partial charge in [-0.25, -0.2) is 9.18 Å². The average Bonchev–Trinajstić information content (AvgIpc) is 2.95. The summed E-state index contributed by atoms with van der Waals surface area (Å²) in [4.78, 5) is 23.9. The van der Waals surface area contributed by atoms with E-state index in [2.05, 4.69) is 20.5 Å². The molecule has 0 fully saturated rings. The average molecular weight is 320 g/mol. The molecule has 1 aromatic heterocycles.